The number of carbonyl (C=O) groups excluding carboxylic acids is 1. The van der Waals surface area contributed by atoms with Crippen LogP contribution in [0, 0.1) is 0 Å². The minimum atomic E-state index is -0.145. The lowest BCUT2D eigenvalue weighted by Crippen LogP contribution is -2.41. The lowest BCUT2D eigenvalue weighted by Gasteiger charge is -2.13. The van der Waals surface area contributed by atoms with Crippen LogP contribution in [0.25, 0.3) is 22.6 Å². The predicted molar refractivity (Wildman–Crippen MR) is 99.3 cm³/mol. The Labute approximate surface area is 147 Å². The summed E-state index contributed by atoms with van der Waals surface area (Å²) >= 11 is 0. The minimum absolute atomic E-state index is 0.145. The molecule has 25 heavy (non-hydrogen) atoms. The third-order valence-corrected chi connectivity index (χ3v) is 4.15. The first kappa shape index (κ1) is 17.0. The molecule has 1 aromatic carbocycles. The Kier molecular flexibility index (Phi) is 5.28. The molecule has 1 unspecified atom stereocenters. The number of pyridine rings is 1. The van der Waals surface area contributed by atoms with Gasteiger partial charge in [0.25, 0.3) is 0 Å². The van der Waals surface area contributed by atoms with Crippen LogP contribution in [-0.4, -0.2) is 33.2 Å². The van der Waals surface area contributed by atoms with E-state index in [2.05, 4.69) is 15.6 Å². The molecule has 0 radical (unpaired) electrons. The summed E-state index contributed by atoms with van der Waals surface area (Å²) in [6, 6.07) is 13.9. The fraction of sp³-hybridized carbons (Fsp3) is 0.316. The van der Waals surface area contributed by atoms with Crippen LogP contribution < -0.4 is 10.6 Å². The molecule has 2 amide bonds. The van der Waals surface area contributed by atoms with Gasteiger partial charge in [-0.1, -0.05) is 37.3 Å². The van der Waals surface area contributed by atoms with E-state index < -0.39 is 0 Å². The van der Waals surface area contributed by atoms with Crippen molar-refractivity contribution in [2.45, 2.75) is 32.9 Å². The monoisotopic (exact) mass is 337 g/mol. The Morgan fingerprint density at radius 2 is 2.00 bits per heavy atom. The van der Waals surface area contributed by atoms with Crippen molar-refractivity contribution in [2.24, 2.45) is 0 Å². The molecule has 3 rings (SSSR count). The number of fused-ring (bicyclic) bond motifs is 1. The first-order chi connectivity index (χ1) is 12.2. The number of imidazole rings is 1. The van der Waals surface area contributed by atoms with Gasteiger partial charge in [-0.2, -0.15) is 0 Å². The Morgan fingerprint density at radius 1 is 1.20 bits per heavy atom. The molecule has 2 N–H and O–H groups in total. The maximum absolute atomic E-state index is 11.9. The molecule has 0 aliphatic carbocycles. The zero-order chi connectivity index (χ0) is 17.6. The molecule has 0 aliphatic rings. The van der Waals surface area contributed by atoms with E-state index >= 15 is 0 Å². The van der Waals surface area contributed by atoms with Gasteiger partial charge in [-0.25, -0.2) is 14.8 Å². The van der Waals surface area contributed by atoms with Crippen molar-refractivity contribution in [2.75, 3.05) is 6.54 Å². The molecular weight excluding hydrogens is 314 g/mol. The van der Waals surface area contributed by atoms with Gasteiger partial charge in [-0.3, -0.25) is 0 Å². The van der Waals surface area contributed by atoms with Gasteiger partial charge in [0, 0.05) is 30.9 Å². The summed E-state index contributed by atoms with van der Waals surface area (Å²) in [6.07, 6.45) is 2.67. The topological polar surface area (TPSA) is 71.8 Å². The predicted octanol–water partition coefficient (Wildman–Crippen LogP) is 3.20. The van der Waals surface area contributed by atoms with Gasteiger partial charge < -0.3 is 15.2 Å². The number of amides is 2. The molecule has 0 bridgehead atoms. The van der Waals surface area contributed by atoms with Crippen molar-refractivity contribution >= 4 is 17.2 Å². The van der Waals surface area contributed by atoms with Gasteiger partial charge in [0.1, 0.15) is 11.3 Å². The highest BCUT2D eigenvalue weighted by Gasteiger charge is 2.13. The van der Waals surface area contributed by atoms with Crippen molar-refractivity contribution in [3.63, 3.8) is 0 Å². The number of aromatic nitrogens is 3. The van der Waals surface area contributed by atoms with Gasteiger partial charge >= 0.3 is 6.03 Å². The molecule has 6 nitrogen and oxygen atoms in total. The van der Waals surface area contributed by atoms with Gasteiger partial charge in [0.05, 0.1) is 0 Å². The van der Waals surface area contributed by atoms with Crippen LogP contribution in [0.15, 0.2) is 48.7 Å². The molecule has 1 atom stereocenters. The zero-order valence-corrected chi connectivity index (χ0v) is 14.6. The summed E-state index contributed by atoms with van der Waals surface area (Å²) in [5.74, 6) is 0.860. The summed E-state index contributed by atoms with van der Waals surface area (Å²) in [7, 11) is 0. The number of hydrogen-bond donors (Lipinski definition) is 2. The van der Waals surface area contributed by atoms with Crippen LogP contribution >= 0.6 is 0 Å². The first-order valence-electron chi connectivity index (χ1n) is 8.60. The number of nitrogens with zero attached hydrogens (tertiary/aromatic N) is 3. The molecule has 0 fully saturated rings. The number of carbonyl (C=O) groups is 1. The minimum Gasteiger partial charge on any atom is -0.336 e. The third-order valence-electron chi connectivity index (χ3n) is 4.15. The summed E-state index contributed by atoms with van der Waals surface area (Å²) in [6.45, 7) is 5.14. The Morgan fingerprint density at radius 3 is 2.76 bits per heavy atom. The van der Waals surface area contributed by atoms with E-state index in [1.54, 1.807) is 6.20 Å². The van der Waals surface area contributed by atoms with E-state index in [1.165, 1.54) is 0 Å². The lowest BCUT2D eigenvalue weighted by atomic mass is 10.2. The average molecular weight is 337 g/mol. The van der Waals surface area contributed by atoms with Crippen molar-refractivity contribution in [1.82, 2.24) is 25.2 Å². The van der Waals surface area contributed by atoms with Crippen LogP contribution in [0.1, 0.15) is 20.3 Å². The van der Waals surface area contributed by atoms with E-state index in [0.29, 0.717) is 13.1 Å². The quantitative estimate of drug-likeness (QED) is 0.725. The average Bonchev–Trinajstić information content (AvgIpc) is 3.01. The SMILES string of the molecule is CCC(C)NC(=O)NCCn1c(-c2ccccc2)nc2cccnc21. The van der Waals surface area contributed by atoms with Crippen LogP contribution in [0.4, 0.5) is 4.79 Å². The second-order valence-corrected chi connectivity index (χ2v) is 6.01. The second kappa shape index (κ2) is 7.79. The summed E-state index contributed by atoms with van der Waals surface area (Å²) < 4.78 is 2.05. The number of nitrogens with one attached hydrogen (secondary N) is 2. The standard InChI is InChI=1S/C19H23N5O/c1-3-14(2)22-19(25)21-12-13-24-17(15-8-5-4-6-9-15)23-16-10-7-11-20-18(16)24/h4-11,14H,3,12-13H2,1-2H3,(H2,21,22,25). The molecule has 0 saturated heterocycles. The van der Waals surface area contributed by atoms with E-state index in [1.807, 2.05) is 60.9 Å². The highest BCUT2D eigenvalue weighted by Crippen LogP contribution is 2.23. The largest absolute Gasteiger partial charge is 0.336 e. The fourth-order valence-electron chi connectivity index (χ4n) is 2.64. The van der Waals surface area contributed by atoms with Crippen molar-refractivity contribution in [1.29, 1.82) is 0 Å². The van der Waals surface area contributed by atoms with Crippen LogP contribution in [0.5, 0.6) is 0 Å². The van der Waals surface area contributed by atoms with Crippen molar-refractivity contribution in [3.05, 3.63) is 48.7 Å². The van der Waals surface area contributed by atoms with Gasteiger partial charge in [0.2, 0.25) is 0 Å². The van der Waals surface area contributed by atoms with Crippen LogP contribution in [0.3, 0.4) is 0 Å². The molecule has 6 heteroatoms. The van der Waals surface area contributed by atoms with Crippen LogP contribution in [-0.2, 0) is 6.54 Å². The highest BCUT2D eigenvalue weighted by molar-refractivity contribution is 5.77. The smallest absolute Gasteiger partial charge is 0.315 e. The third kappa shape index (κ3) is 3.96. The molecule has 0 saturated carbocycles. The van der Waals surface area contributed by atoms with Crippen molar-refractivity contribution < 1.29 is 4.79 Å². The van der Waals surface area contributed by atoms with Crippen molar-refractivity contribution in [3.8, 4) is 11.4 Å². The lowest BCUT2D eigenvalue weighted by molar-refractivity contribution is 0.237. The Hall–Kier alpha value is -2.89. The van der Waals surface area contributed by atoms with E-state index in [-0.39, 0.29) is 12.1 Å². The van der Waals surface area contributed by atoms with E-state index in [0.717, 1.165) is 29.0 Å². The fourth-order valence-corrected chi connectivity index (χ4v) is 2.64. The zero-order valence-electron chi connectivity index (χ0n) is 14.6. The van der Waals surface area contributed by atoms with Crippen LogP contribution in [0.2, 0.25) is 0 Å². The summed E-state index contributed by atoms with van der Waals surface area (Å²) in [4.78, 5) is 21.1. The molecule has 130 valence electrons. The summed E-state index contributed by atoms with van der Waals surface area (Å²) in [5.41, 5.74) is 2.71. The van der Waals surface area contributed by atoms with Gasteiger partial charge in [-0.05, 0) is 25.5 Å². The molecule has 0 spiro atoms. The number of rotatable bonds is 6. The molecule has 0 aliphatic heterocycles. The van der Waals surface area contributed by atoms with Gasteiger partial charge in [-0.15, -0.1) is 0 Å². The summed E-state index contributed by atoms with van der Waals surface area (Å²) in [5, 5.41) is 5.81. The molecule has 2 aromatic heterocycles. The second-order valence-electron chi connectivity index (χ2n) is 6.01. The number of hydrogen-bond acceptors (Lipinski definition) is 3. The molecular formula is C19H23N5O. The number of urea groups is 1. The molecule has 2 heterocycles. The van der Waals surface area contributed by atoms with E-state index in [9.17, 15) is 4.79 Å². The van der Waals surface area contributed by atoms with Gasteiger partial charge in [0.15, 0.2) is 5.65 Å². The normalized spacial score (nSPS) is 12.1. The first-order valence-corrected chi connectivity index (χ1v) is 8.60. The highest BCUT2D eigenvalue weighted by atomic mass is 16.2. The molecule has 3 aromatic rings. The maximum atomic E-state index is 11.9. The maximum Gasteiger partial charge on any atom is 0.315 e. The number of benzene rings is 1. The Bertz CT molecular complexity index is 843. The Balaban J connectivity index is 1.79. The van der Waals surface area contributed by atoms with E-state index in [4.69, 9.17) is 4.98 Å².